The summed E-state index contributed by atoms with van der Waals surface area (Å²) in [6.07, 6.45) is 5.41. The van der Waals surface area contributed by atoms with Crippen LogP contribution in [0, 0.1) is 34.2 Å². The zero-order chi connectivity index (χ0) is 13.3. The van der Waals surface area contributed by atoms with Crippen LogP contribution < -0.4 is 4.90 Å². The van der Waals surface area contributed by atoms with E-state index in [0.29, 0.717) is 0 Å². The first-order valence-electron chi connectivity index (χ1n) is 5.22. The number of halogens is 1. The highest BCUT2D eigenvalue weighted by Gasteiger charge is 2.30. The Balaban J connectivity index is 2.37. The number of hydrogen-bond donors (Lipinski definition) is 0. The first-order valence-corrected chi connectivity index (χ1v) is 5.22. The third-order valence-electron chi connectivity index (χ3n) is 2.75. The first kappa shape index (κ1) is 12.0. The molecule has 5 nitrogen and oxygen atoms in total. The molecule has 0 N–H and O–H groups in total. The smallest absolute Gasteiger partial charge is 0.274 e. The second-order valence-electron chi connectivity index (χ2n) is 4.00. The molecule has 1 heterocycles. The number of benzene rings is 1. The number of carbonyl (C=O) groups excluding carboxylic acids is 1. The highest BCUT2D eigenvalue weighted by atomic mass is 19.1. The van der Waals surface area contributed by atoms with E-state index in [4.69, 9.17) is 6.42 Å². The van der Waals surface area contributed by atoms with E-state index in [1.165, 1.54) is 11.0 Å². The predicted molar refractivity (Wildman–Crippen MR) is 62.3 cm³/mol. The monoisotopic (exact) mass is 248 g/mol. The molecule has 0 aromatic heterocycles. The van der Waals surface area contributed by atoms with Gasteiger partial charge in [-0.05, 0) is 6.07 Å². The Morgan fingerprint density at radius 2 is 2.22 bits per heavy atom. The fraction of sp³-hybridized carbons (Fsp3) is 0.250. The average molecular weight is 248 g/mol. The Morgan fingerprint density at radius 3 is 2.78 bits per heavy atom. The van der Waals surface area contributed by atoms with Crippen LogP contribution in [0.4, 0.5) is 15.8 Å². The summed E-state index contributed by atoms with van der Waals surface area (Å²) >= 11 is 0. The van der Waals surface area contributed by atoms with Crippen molar-refractivity contribution >= 4 is 17.3 Å². The van der Waals surface area contributed by atoms with E-state index in [2.05, 4.69) is 5.92 Å². The maximum atomic E-state index is 13.3. The molecule has 1 saturated heterocycles. The summed E-state index contributed by atoms with van der Waals surface area (Å²) in [5.74, 6) is 1.21. The van der Waals surface area contributed by atoms with Gasteiger partial charge in [0.2, 0.25) is 5.91 Å². The fourth-order valence-electron chi connectivity index (χ4n) is 1.89. The lowest BCUT2D eigenvalue weighted by atomic mass is 10.1. The van der Waals surface area contributed by atoms with E-state index in [9.17, 15) is 19.3 Å². The van der Waals surface area contributed by atoms with Crippen LogP contribution in [0.5, 0.6) is 0 Å². The molecule has 0 radical (unpaired) electrons. The number of rotatable bonds is 2. The van der Waals surface area contributed by atoms with Crippen molar-refractivity contribution < 1.29 is 14.1 Å². The van der Waals surface area contributed by atoms with Crippen molar-refractivity contribution in [3.8, 4) is 12.3 Å². The summed E-state index contributed by atoms with van der Waals surface area (Å²) in [7, 11) is 0. The van der Waals surface area contributed by atoms with Crippen molar-refractivity contribution in [2.45, 2.75) is 6.42 Å². The number of amides is 1. The lowest BCUT2D eigenvalue weighted by molar-refractivity contribution is -0.385. The molecular formula is C12H9FN2O3. The molecule has 1 aromatic rings. The third kappa shape index (κ3) is 2.15. The van der Waals surface area contributed by atoms with Crippen molar-refractivity contribution in [3.05, 3.63) is 34.1 Å². The maximum absolute atomic E-state index is 13.3. The predicted octanol–water partition coefficient (Wildman–Crippen LogP) is 1.72. The summed E-state index contributed by atoms with van der Waals surface area (Å²) < 4.78 is 13.3. The summed E-state index contributed by atoms with van der Waals surface area (Å²) in [5, 5.41) is 10.6. The Hall–Kier alpha value is -2.42. The summed E-state index contributed by atoms with van der Waals surface area (Å²) in [6.45, 7) is 0.260. The summed E-state index contributed by atoms with van der Waals surface area (Å²) in [6, 6.07) is 3.06. The van der Waals surface area contributed by atoms with Crippen LogP contribution in [0.1, 0.15) is 6.42 Å². The maximum Gasteiger partial charge on any atom is 0.274 e. The molecule has 1 amide bonds. The normalized spacial score (nSPS) is 18.8. The SMILES string of the molecule is C#CC1CC(=O)N(c2cc(F)cc([N+](=O)[O-])c2)C1. The second-order valence-corrected chi connectivity index (χ2v) is 4.00. The second kappa shape index (κ2) is 4.45. The lowest BCUT2D eigenvalue weighted by Gasteiger charge is -2.15. The van der Waals surface area contributed by atoms with Crippen molar-refractivity contribution in [1.29, 1.82) is 0 Å². The Morgan fingerprint density at radius 1 is 1.50 bits per heavy atom. The number of nitro benzene ring substituents is 1. The van der Waals surface area contributed by atoms with Gasteiger partial charge in [-0.2, -0.15) is 0 Å². The van der Waals surface area contributed by atoms with Crippen LogP contribution in [-0.4, -0.2) is 17.4 Å². The number of non-ortho nitro benzene ring substituents is 1. The van der Waals surface area contributed by atoms with Crippen LogP contribution in [0.3, 0.4) is 0 Å². The van der Waals surface area contributed by atoms with Crippen molar-refractivity contribution in [3.63, 3.8) is 0 Å². The van der Waals surface area contributed by atoms with Gasteiger partial charge in [-0.15, -0.1) is 12.3 Å². The third-order valence-corrected chi connectivity index (χ3v) is 2.75. The number of nitro groups is 1. The van der Waals surface area contributed by atoms with E-state index in [1.807, 2.05) is 0 Å². The molecule has 0 spiro atoms. The van der Waals surface area contributed by atoms with Gasteiger partial charge in [-0.3, -0.25) is 14.9 Å². The summed E-state index contributed by atoms with van der Waals surface area (Å²) in [5.41, 5.74) is -0.216. The number of anilines is 1. The zero-order valence-corrected chi connectivity index (χ0v) is 9.30. The van der Waals surface area contributed by atoms with Gasteiger partial charge in [0.15, 0.2) is 0 Å². The van der Waals surface area contributed by atoms with Crippen molar-refractivity contribution in [2.75, 3.05) is 11.4 Å². The molecule has 18 heavy (non-hydrogen) atoms. The minimum absolute atomic E-state index is 0.171. The summed E-state index contributed by atoms with van der Waals surface area (Å²) in [4.78, 5) is 22.9. The van der Waals surface area contributed by atoms with Gasteiger partial charge in [0.1, 0.15) is 5.82 Å². The molecule has 1 aliphatic heterocycles. The van der Waals surface area contributed by atoms with Crippen LogP contribution in [0.15, 0.2) is 18.2 Å². The van der Waals surface area contributed by atoms with Crippen LogP contribution in [0.2, 0.25) is 0 Å². The largest absolute Gasteiger partial charge is 0.311 e. The van der Waals surface area contributed by atoms with Gasteiger partial charge in [0.05, 0.1) is 16.7 Å². The Bertz CT molecular complexity index is 565. The molecule has 1 aliphatic rings. The van der Waals surface area contributed by atoms with Crippen molar-refractivity contribution in [2.24, 2.45) is 5.92 Å². The molecule has 92 valence electrons. The molecule has 1 unspecified atom stereocenters. The molecular weight excluding hydrogens is 239 g/mol. The fourth-order valence-corrected chi connectivity index (χ4v) is 1.89. The number of hydrogen-bond acceptors (Lipinski definition) is 3. The standard InChI is InChI=1S/C12H9FN2O3/c1-2-8-3-12(16)14(7-8)10-4-9(13)5-11(6-10)15(17)18/h1,4-6,8H,3,7H2. The highest BCUT2D eigenvalue weighted by Crippen LogP contribution is 2.28. The topological polar surface area (TPSA) is 63.5 Å². The van der Waals surface area contributed by atoms with Crippen LogP contribution >= 0.6 is 0 Å². The molecule has 1 fully saturated rings. The van der Waals surface area contributed by atoms with Crippen LogP contribution in [0.25, 0.3) is 0 Å². The van der Waals surface area contributed by atoms with E-state index in [0.717, 1.165) is 12.1 Å². The first-order chi connectivity index (χ1) is 8.51. The van der Waals surface area contributed by atoms with Gasteiger partial charge in [0.25, 0.3) is 5.69 Å². The lowest BCUT2D eigenvalue weighted by Crippen LogP contribution is -2.24. The van der Waals surface area contributed by atoms with Gasteiger partial charge in [-0.1, -0.05) is 0 Å². The highest BCUT2D eigenvalue weighted by molar-refractivity contribution is 5.96. The molecule has 0 saturated carbocycles. The average Bonchev–Trinajstić information content (AvgIpc) is 2.69. The molecule has 0 aliphatic carbocycles. The van der Waals surface area contributed by atoms with E-state index >= 15 is 0 Å². The number of nitrogens with zero attached hydrogens (tertiary/aromatic N) is 2. The van der Waals surface area contributed by atoms with Gasteiger partial charge < -0.3 is 4.90 Å². The minimum atomic E-state index is -0.754. The minimum Gasteiger partial charge on any atom is -0.311 e. The van der Waals surface area contributed by atoms with Gasteiger partial charge >= 0.3 is 0 Å². The zero-order valence-electron chi connectivity index (χ0n) is 9.30. The molecule has 1 atom stereocenters. The van der Waals surface area contributed by atoms with Gasteiger partial charge in [-0.25, -0.2) is 4.39 Å². The molecule has 1 aromatic carbocycles. The van der Waals surface area contributed by atoms with E-state index in [-0.39, 0.29) is 36.2 Å². The molecule has 6 heteroatoms. The van der Waals surface area contributed by atoms with E-state index < -0.39 is 10.7 Å². The van der Waals surface area contributed by atoms with Gasteiger partial charge in [0, 0.05) is 24.9 Å². The van der Waals surface area contributed by atoms with E-state index in [1.54, 1.807) is 0 Å². The number of terminal acetylenes is 1. The number of carbonyl (C=O) groups is 1. The molecule has 2 rings (SSSR count). The Labute approximate surface area is 102 Å². The van der Waals surface area contributed by atoms with Crippen LogP contribution in [-0.2, 0) is 4.79 Å². The van der Waals surface area contributed by atoms with Crippen molar-refractivity contribution in [1.82, 2.24) is 0 Å². The molecule has 0 bridgehead atoms. The quantitative estimate of drug-likeness (QED) is 0.454. The Kier molecular flexibility index (Phi) is 2.98.